The molecule has 0 saturated heterocycles. The number of anilines is 1. The Balaban J connectivity index is 1.71. The van der Waals surface area contributed by atoms with E-state index in [1.54, 1.807) is 18.2 Å². The number of carbonyl (C=O) groups is 2. The Morgan fingerprint density at radius 2 is 1.71 bits per heavy atom. The van der Waals surface area contributed by atoms with Crippen LogP contribution in [0.15, 0.2) is 60.7 Å². The van der Waals surface area contributed by atoms with Gasteiger partial charge < -0.3 is 9.64 Å². The summed E-state index contributed by atoms with van der Waals surface area (Å²) >= 11 is 0. The SMILES string of the molecule is COc1ccc2c(c1)C(=O)C(=O)N2Cc1ccc2ccccc2c1. The minimum Gasteiger partial charge on any atom is -0.497 e. The van der Waals surface area contributed by atoms with E-state index < -0.39 is 11.7 Å². The number of ether oxygens (including phenoxy) is 1. The van der Waals surface area contributed by atoms with Gasteiger partial charge in [-0.3, -0.25) is 9.59 Å². The average molecular weight is 317 g/mol. The lowest BCUT2D eigenvalue weighted by Crippen LogP contribution is -2.29. The highest BCUT2D eigenvalue weighted by molar-refractivity contribution is 6.52. The van der Waals surface area contributed by atoms with E-state index in [0.717, 1.165) is 16.3 Å². The highest BCUT2D eigenvalue weighted by Gasteiger charge is 2.36. The minimum atomic E-state index is -0.494. The number of amides is 1. The molecule has 1 amide bonds. The summed E-state index contributed by atoms with van der Waals surface area (Å²) in [5.74, 6) is -0.404. The second-order valence-corrected chi connectivity index (χ2v) is 5.79. The molecule has 24 heavy (non-hydrogen) atoms. The third-order valence-corrected chi connectivity index (χ3v) is 4.33. The van der Waals surface area contributed by atoms with Gasteiger partial charge in [0.1, 0.15) is 5.75 Å². The number of fused-ring (bicyclic) bond motifs is 2. The number of rotatable bonds is 3. The lowest BCUT2D eigenvalue weighted by molar-refractivity contribution is -0.114. The Kier molecular flexibility index (Phi) is 3.31. The molecule has 118 valence electrons. The van der Waals surface area contributed by atoms with Gasteiger partial charge in [0.15, 0.2) is 0 Å². The first-order chi connectivity index (χ1) is 11.7. The Morgan fingerprint density at radius 3 is 2.50 bits per heavy atom. The summed E-state index contributed by atoms with van der Waals surface area (Å²) in [6.07, 6.45) is 0. The maximum absolute atomic E-state index is 12.4. The molecule has 1 aliphatic heterocycles. The molecule has 3 aromatic rings. The van der Waals surface area contributed by atoms with E-state index >= 15 is 0 Å². The molecule has 0 saturated carbocycles. The smallest absolute Gasteiger partial charge is 0.299 e. The van der Waals surface area contributed by atoms with E-state index in [2.05, 4.69) is 6.07 Å². The van der Waals surface area contributed by atoms with Crippen LogP contribution in [0.4, 0.5) is 5.69 Å². The molecule has 3 aromatic carbocycles. The molecule has 0 atom stereocenters. The Hall–Kier alpha value is -3.14. The van der Waals surface area contributed by atoms with Crippen LogP contribution in [0.5, 0.6) is 5.75 Å². The van der Waals surface area contributed by atoms with E-state index in [1.807, 2.05) is 36.4 Å². The van der Waals surface area contributed by atoms with Crippen molar-refractivity contribution in [2.75, 3.05) is 12.0 Å². The van der Waals surface area contributed by atoms with Gasteiger partial charge in [-0.15, -0.1) is 0 Å². The quantitative estimate of drug-likeness (QED) is 0.694. The summed E-state index contributed by atoms with van der Waals surface area (Å²) in [5.41, 5.74) is 2.03. The zero-order chi connectivity index (χ0) is 16.7. The third kappa shape index (κ3) is 2.24. The van der Waals surface area contributed by atoms with Crippen molar-refractivity contribution in [2.24, 2.45) is 0 Å². The van der Waals surface area contributed by atoms with Crippen molar-refractivity contribution >= 4 is 28.2 Å². The van der Waals surface area contributed by atoms with Gasteiger partial charge in [0, 0.05) is 0 Å². The summed E-state index contributed by atoms with van der Waals surface area (Å²) in [7, 11) is 1.54. The van der Waals surface area contributed by atoms with Crippen LogP contribution in [0.1, 0.15) is 15.9 Å². The van der Waals surface area contributed by atoms with E-state index in [1.165, 1.54) is 12.0 Å². The molecule has 1 aliphatic rings. The van der Waals surface area contributed by atoms with Crippen LogP contribution in [0.3, 0.4) is 0 Å². The number of nitrogens with zero attached hydrogens (tertiary/aromatic N) is 1. The largest absolute Gasteiger partial charge is 0.497 e. The van der Waals surface area contributed by atoms with E-state index in [4.69, 9.17) is 4.74 Å². The van der Waals surface area contributed by atoms with Crippen molar-refractivity contribution in [1.29, 1.82) is 0 Å². The van der Waals surface area contributed by atoms with Gasteiger partial charge in [-0.2, -0.15) is 0 Å². The van der Waals surface area contributed by atoms with Gasteiger partial charge in [0.2, 0.25) is 0 Å². The number of Topliss-reactive ketones (excluding diaryl/α,β-unsaturated/α-hetero) is 1. The van der Waals surface area contributed by atoms with Crippen molar-refractivity contribution in [3.63, 3.8) is 0 Å². The molecule has 0 unspecified atom stereocenters. The van der Waals surface area contributed by atoms with Crippen LogP contribution in [0.2, 0.25) is 0 Å². The van der Waals surface area contributed by atoms with Crippen LogP contribution in [-0.2, 0) is 11.3 Å². The van der Waals surface area contributed by atoms with Crippen LogP contribution in [0, 0.1) is 0 Å². The number of carbonyl (C=O) groups excluding carboxylic acids is 2. The molecule has 4 heteroatoms. The van der Waals surface area contributed by atoms with Crippen molar-refractivity contribution in [3.05, 3.63) is 71.8 Å². The van der Waals surface area contributed by atoms with Gasteiger partial charge in [0.25, 0.3) is 11.7 Å². The standard InChI is InChI=1S/C20H15NO3/c1-24-16-8-9-18-17(11-16)19(22)20(23)21(18)12-13-6-7-14-4-2-3-5-15(14)10-13/h2-11H,12H2,1H3. The first kappa shape index (κ1) is 14.5. The second kappa shape index (κ2) is 5.49. The fourth-order valence-electron chi connectivity index (χ4n) is 3.08. The number of hydrogen-bond donors (Lipinski definition) is 0. The molecular weight excluding hydrogens is 302 g/mol. The molecule has 1 heterocycles. The number of methoxy groups -OCH3 is 1. The number of ketones is 1. The fraction of sp³-hybridized carbons (Fsp3) is 0.100. The molecule has 0 fully saturated rings. The predicted molar refractivity (Wildman–Crippen MR) is 92.5 cm³/mol. The van der Waals surface area contributed by atoms with Crippen molar-refractivity contribution < 1.29 is 14.3 Å². The fourth-order valence-corrected chi connectivity index (χ4v) is 3.08. The summed E-state index contributed by atoms with van der Waals surface area (Å²) in [4.78, 5) is 26.1. The zero-order valence-corrected chi connectivity index (χ0v) is 13.2. The molecule has 4 nitrogen and oxygen atoms in total. The molecule has 0 bridgehead atoms. The Bertz CT molecular complexity index is 978. The van der Waals surface area contributed by atoms with Gasteiger partial charge in [-0.1, -0.05) is 36.4 Å². The second-order valence-electron chi connectivity index (χ2n) is 5.79. The highest BCUT2D eigenvalue weighted by Crippen LogP contribution is 2.33. The molecule has 4 rings (SSSR count). The molecule has 0 spiro atoms. The predicted octanol–water partition coefficient (Wildman–Crippen LogP) is 3.58. The van der Waals surface area contributed by atoms with Gasteiger partial charge in [0.05, 0.1) is 24.9 Å². The highest BCUT2D eigenvalue weighted by atomic mass is 16.5. The van der Waals surface area contributed by atoms with Gasteiger partial charge in [-0.25, -0.2) is 0 Å². The molecule has 0 radical (unpaired) electrons. The Labute approximate surface area is 139 Å². The van der Waals surface area contributed by atoms with Crippen molar-refractivity contribution in [3.8, 4) is 5.75 Å². The van der Waals surface area contributed by atoms with E-state index in [9.17, 15) is 9.59 Å². The van der Waals surface area contributed by atoms with Crippen molar-refractivity contribution in [2.45, 2.75) is 6.54 Å². The lowest BCUT2D eigenvalue weighted by atomic mass is 10.1. The first-order valence-corrected chi connectivity index (χ1v) is 7.69. The molecule has 0 aromatic heterocycles. The van der Waals surface area contributed by atoms with Crippen LogP contribution in [0.25, 0.3) is 10.8 Å². The maximum Gasteiger partial charge on any atom is 0.299 e. The van der Waals surface area contributed by atoms with Crippen LogP contribution in [-0.4, -0.2) is 18.8 Å². The Morgan fingerprint density at radius 1 is 0.917 bits per heavy atom. The van der Waals surface area contributed by atoms with E-state index in [0.29, 0.717) is 23.5 Å². The first-order valence-electron chi connectivity index (χ1n) is 7.69. The van der Waals surface area contributed by atoms with Crippen LogP contribution < -0.4 is 9.64 Å². The zero-order valence-electron chi connectivity index (χ0n) is 13.2. The lowest BCUT2D eigenvalue weighted by Gasteiger charge is -2.17. The molecule has 0 N–H and O–H groups in total. The molecule has 0 aliphatic carbocycles. The monoisotopic (exact) mass is 317 g/mol. The van der Waals surface area contributed by atoms with E-state index in [-0.39, 0.29) is 0 Å². The average Bonchev–Trinajstić information content (AvgIpc) is 2.86. The topological polar surface area (TPSA) is 46.6 Å². The summed E-state index contributed by atoms with van der Waals surface area (Å²) in [6.45, 7) is 0.370. The summed E-state index contributed by atoms with van der Waals surface area (Å²) in [6, 6.07) is 19.3. The maximum atomic E-state index is 12.4. The van der Waals surface area contributed by atoms with Crippen LogP contribution >= 0.6 is 0 Å². The minimum absolute atomic E-state index is 0.370. The molecular formula is C20H15NO3. The number of benzene rings is 3. The summed E-state index contributed by atoms with van der Waals surface area (Å²) in [5, 5.41) is 2.26. The normalized spacial score (nSPS) is 13.5. The number of hydrogen-bond acceptors (Lipinski definition) is 3. The van der Waals surface area contributed by atoms with Crippen molar-refractivity contribution in [1.82, 2.24) is 0 Å². The third-order valence-electron chi connectivity index (χ3n) is 4.33. The summed E-state index contributed by atoms with van der Waals surface area (Å²) < 4.78 is 5.14. The van der Waals surface area contributed by atoms with Gasteiger partial charge >= 0.3 is 0 Å². The van der Waals surface area contributed by atoms with Gasteiger partial charge in [-0.05, 0) is 40.6 Å².